The van der Waals surface area contributed by atoms with E-state index in [9.17, 15) is 9.59 Å². The Kier molecular flexibility index (Phi) is 8.59. The summed E-state index contributed by atoms with van der Waals surface area (Å²) in [4.78, 5) is 27.1. The van der Waals surface area contributed by atoms with Gasteiger partial charge in [0.05, 0.1) is 6.54 Å². The van der Waals surface area contributed by atoms with Gasteiger partial charge >= 0.3 is 5.97 Å². The molecule has 0 aromatic carbocycles. The average molecular weight is 369 g/mol. The molecular weight excluding hydrogens is 336 g/mol. The highest BCUT2D eigenvalue weighted by atomic mass is 32.1. The number of hydrogen-bond donors (Lipinski definition) is 1. The molecule has 5 nitrogen and oxygen atoms in total. The molecule has 0 spiro atoms. The van der Waals surface area contributed by atoms with Crippen LogP contribution in [0.4, 0.5) is 0 Å². The number of rotatable bonds is 9. The molecule has 0 saturated carbocycles. The molecule has 1 aromatic heterocycles. The van der Waals surface area contributed by atoms with Crippen LogP contribution in [0.2, 0.25) is 0 Å². The first-order valence-corrected chi connectivity index (χ1v) is 9.73. The van der Waals surface area contributed by atoms with E-state index in [0.717, 1.165) is 24.1 Å². The lowest BCUT2D eigenvalue weighted by molar-refractivity contribution is -0.156. The number of ether oxygens (including phenoxy) is 1. The normalized spacial score (nSPS) is 12.7. The Hall–Kier alpha value is -1.40. The van der Waals surface area contributed by atoms with Crippen LogP contribution in [0.5, 0.6) is 0 Å². The van der Waals surface area contributed by atoms with Gasteiger partial charge in [0.25, 0.3) is 0 Å². The molecule has 0 fully saturated rings. The Morgan fingerprint density at radius 3 is 2.56 bits per heavy atom. The van der Waals surface area contributed by atoms with Gasteiger partial charge in [0.1, 0.15) is 11.5 Å². The Morgan fingerprint density at radius 1 is 1.32 bits per heavy atom. The van der Waals surface area contributed by atoms with E-state index in [2.05, 4.69) is 18.3 Å². The third-order valence-electron chi connectivity index (χ3n) is 3.71. The van der Waals surface area contributed by atoms with Crippen LogP contribution < -0.4 is 5.32 Å². The van der Waals surface area contributed by atoms with Gasteiger partial charge < -0.3 is 15.0 Å². The minimum atomic E-state index is -0.532. The molecule has 1 atom stereocenters. The second kappa shape index (κ2) is 9.92. The van der Waals surface area contributed by atoms with Crippen molar-refractivity contribution in [3.8, 4) is 0 Å². The first kappa shape index (κ1) is 21.6. The van der Waals surface area contributed by atoms with Crippen LogP contribution in [0.25, 0.3) is 0 Å². The number of hydrogen-bond acceptors (Lipinski definition) is 5. The lowest BCUT2D eigenvalue weighted by Crippen LogP contribution is -2.38. The topological polar surface area (TPSA) is 58.6 Å². The van der Waals surface area contributed by atoms with Crippen molar-refractivity contribution in [2.75, 3.05) is 27.2 Å². The maximum atomic E-state index is 12.7. The van der Waals surface area contributed by atoms with E-state index in [1.165, 1.54) is 10.5 Å². The summed E-state index contributed by atoms with van der Waals surface area (Å²) in [7, 11) is 3.44. The van der Waals surface area contributed by atoms with E-state index in [0.29, 0.717) is 6.54 Å². The van der Waals surface area contributed by atoms with Crippen molar-refractivity contribution in [2.24, 2.45) is 0 Å². The van der Waals surface area contributed by atoms with E-state index in [4.69, 9.17) is 4.74 Å². The van der Waals surface area contributed by atoms with Gasteiger partial charge in [-0.2, -0.15) is 0 Å². The Labute approximate surface area is 155 Å². The third-order valence-corrected chi connectivity index (χ3v) is 4.78. The van der Waals surface area contributed by atoms with Gasteiger partial charge in [-0.25, -0.2) is 0 Å². The number of thiophene rings is 1. The summed E-state index contributed by atoms with van der Waals surface area (Å²) < 4.78 is 5.62. The van der Waals surface area contributed by atoms with E-state index >= 15 is 0 Å². The van der Waals surface area contributed by atoms with Crippen molar-refractivity contribution >= 4 is 23.2 Å². The predicted molar refractivity (Wildman–Crippen MR) is 103 cm³/mol. The summed E-state index contributed by atoms with van der Waals surface area (Å²) in [5.74, 6) is -0.640. The summed E-state index contributed by atoms with van der Waals surface area (Å²) in [6.07, 6.45) is 3.17. The molecule has 6 heteroatoms. The first-order chi connectivity index (χ1) is 11.7. The molecule has 0 radical (unpaired) electrons. The zero-order valence-corrected chi connectivity index (χ0v) is 17.2. The molecule has 1 N–H and O–H groups in total. The fraction of sp³-hybridized carbons (Fsp3) is 0.684. The Balaban J connectivity index is 2.89. The molecule has 1 unspecified atom stereocenters. The molecule has 0 aliphatic carbocycles. The van der Waals surface area contributed by atoms with Crippen LogP contribution >= 0.6 is 11.3 Å². The summed E-state index contributed by atoms with van der Waals surface area (Å²) in [6, 6.07) is 2.10. The van der Waals surface area contributed by atoms with Crippen molar-refractivity contribution < 1.29 is 14.3 Å². The SMILES string of the molecule is CCCCc1ccsc1C(CNCC(=O)N(C)C)C(=O)OC(C)(C)C. The number of carbonyl (C=O) groups is 2. The van der Waals surface area contributed by atoms with E-state index in [-0.39, 0.29) is 24.3 Å². The number of likely N-dealkylation sites (N-methyl/N-ethyl adjacent to an activating group) is 1. The van der Waals surface area contributed by atoms with Gasteiger partial charge in [0.2, 0.25) is 5.91 Å². The smallest absolute Gasteiger partial charge is 0.316 e. The number of esters is 1. The van der Waals surface area contributed by atoms with E-state index in [1.807, 2.05) is 26.2 Å². The van der Waals surface area contributed by atoms with Crippen LogP contribution in [0.3, 0.4) is 0 Å². The molecule has 1 amide bonds. The standard InChI is InChI=1S/C19H32N2O3S/c1-7-8-9-14-10-11-25-17(14)15(18(23)24-19(2,3)4)12-20-13-16(22)21(5)6/h10-11,15,20H,7-9,12-13H2,1-6H3. The van der Waals surface area contributed by atoms with Crippen molar-refractivity contribution in [1.82, 2.24) is 10.2 Å². The Bertz CT molecular complexity index is 561. The number of nitrogens with one attached hydrogen (secondary N) is 1. The van der Waals surface area contributed by atoms with Gasteiger partial charge in [-0.05, 0) is 50.6 Å². The van der Waals surface area contributed by atoms with Crippen molar-refractivity contribution in [3.63, 3.8) is 0 Å². The lowest BCUT2D eigenvalue weighted by Gasteiger charge is -2.24. The maximum absolute atomic E-state index is 12.7. The summed E-state index contributed by atoms with van der Waals surface area (Å²) in [5, 5.41) is 5.15. The number of carbonyl (C=O) groups excluding carboxylic acids is 2. The molecule has 25 heavy (non-hydrogen) atoms. The van der Waals surface area contributed by atoms with Crippen molar-refractivity contribution in [1.29, 1.82) is 0 Å². The zero-order valence-electron chi connectivity index (χ0n) is 16.3. The quantitative estimate of drug-likeness (QED) is 0.680. The summed E-state index contributed by atoms with van der Waals surface area (Å²) in [5.41, 5.74) is 0.679. The van der Waals surface area contributed by atoms with Crippen LogP contribution in [0, 0.1) is 0 Å². The van der Waals surface area contributed by atoms with Gasteiger partial charge in [-0.15, -0.1) is 11.3 Å². The molecule has 142 valence electrons. The predicted octanol–water partition coefficient (Wildman–Crippen LogP) is 3.19. The average Bonchev–Trinajstić information content (AvgIpc) is 2.95. The van der Waals surface area contributed by atoms with E-state index < -0.39 is 5.60 Å². The maximum Gasteiger partial charge on any atom is 0.316 e. The molecule has 1 rings (SSSR count). The first-order valence-electron chi connectivity index (χ1n) is 8.85. The summed E-state index contributed by atoms with van der Waals surface area (Å²) in [6.45, 7) is 8.38. The highest BCUT2D eigenvalue weighted by Crippen LogP contribution is 2.29. The molecule has 0 aliphatic rings. The number of amides is 1. The second-order valence-corrected chi connectivity index (χ2v) is 8.37. The fourth-order valence-electron chi connectivity index (χ4n) is 2.36. The molecular formula is C19H32N2O3S. The molecule has 0 bridgehead atoms. The zero-order chi connectivity index (χ0) is 19.0. The van der Waals surface area contributed by atoms with Gasteiger partial charge in [0, 0.05) is 25.5 Å². The minimum Gasteiger partial charge on any atom is -0.459 e. The number of nitrogens with zero attached hydrogens (tertiary/aromatic N) is 1. The summed E-state index contributed by atoms with van der Waals surface area (Å²) >= 11 is 1.59. The van der Waals surface area contributed by atoms with Crippen molar-refractivity contribution in [2.45, 2.75) is 58.5 Å². The highest BCUT2D eigenvalue weighted by molar-refractivity contribution is 7.10. The molecule has 0 saturated heterocycles. The second-order valence-electron chi connectivity index (χ2n) is 7.42. The largest absolute Gasteiger partial charge is 0.459 e. The molecule has 1 aromatic rings. The van der Waals surface area contributed by atoms with Crippen LogP contribution in [-0.2, 0) is 20.7 Å². The van der Waals surface area contributed by atoms with Gasteiger partial charge in [0.15, 0.2) is 0 Å². The lowest BCUT2D eigenvalue weighted by atomic mass is 10.00. The van der Waals surface area contributed by atoms with Crippen LogP contribution in [0.1, 0.15) is 56.9 Å². The monoisotopic (exact) mass is 368 g/mol. The highest BCUT2D eigenvalue weighted by Gasteiger charge is 2.29. The van der Waals surface area contributed by atoms with Gasteiger partial charge in [-0.3, -0.25) is 9.59 Å². The third kappa shape index (κ3) is 7.57. The molecule has 0 aliphatic heterocycles. The van der Waals surface area contributed by atoms with Crippen LogP contribution in [-0.4, -0.2) is 49.6 Å². The van der Waals surface area contributed by atoms with Crippen molar-refractivity contribution in [3.05, 3.63) is 21.9 Å². The number of unbranched alkanes of at least 4 members (excludes halogenated alkanes) is 1. The van der Waals surface area contributed by atoms with E-state index in [1.54, 1.807) is 25.4 Å². The number of aryl methyl sites for hydroxylation is 1. The van der Waals surface area contributed by atoms with Gasteiger partial charge in [-0.1, -0.05) is 13.3 Å². The van der Waals surface area contributed by atoms with Crippen LogP contribution in [0.15, 0.2) is 11.4 Å². The Morgan fingerprint density at radius 2 is 2.00 bits per heavy atom. The molecule has 1 heterocycles. The fourth-order valence-corrected chi connectivity index (χ4v) is 3.41. The minimum absolute atomic E-state index is 0.0136.